The van der Waals surface area contributed by atoms with Gasteiger partial charge in [0.15, 0.2) is 6.29 Å². The Morgan fingerprint density at radius 3 is 2.53 bits per heavy atom. The lowest BCUT2D eigenvalue weighted by molar-refractivity contribution is -0.137. The molecular formula is C11H7F3O. The minimum Gasteiger partial charge on any atom is -0.289 e. The van der Waals surface area contributed by atoms with Crippen molar-refractivity contribution in [3.05, 3.63) is 34.9 Å². The van der Waals surface area contributed by atoms with Gasteiger partial charge in [0.25, 0.3) is 0 Å². The van der Waals surface area contributed by atoms with Crippen LogP contribution in [-0.4, -0.2) is 6.29 Å². The third-order valence-electron chi connectivity index (χ3n) is 1.83. The van der Waals surface area contributed by atoms with Crippen LogP contribution in [-0.2, 0) is 11.0 Å². The van der Waals surface area contributed by atoms with Gasteiger partial charge in [-0.2, -0.15) is 13.2 Å². The molecule has 78 valence electrons. The van der Waals surface area contributed by atoms with Crippen LogP contribution in [0, 0.1) is 18.8 Å². The van der Waals surface area contributed by atoms with E-state index in [-0.39, 0.29) is 5.56 Å². The predicted octanol–water partition coefficient (Wildman–Crippen LogP) is 2.56. The zero-order valence-electron chi connectivity index (χ0n) is 7.85. The van der Waals surface area contributed by atoms with Crippen molar-refractivity contribution in [3.63, 3.8) is 0 Å². The second kappa shape index (κ2) is 4.18. The molecule has 0 unspecified atom stereocenters. The first kappa shape index (κ1) is 11.3. The third kappa shape index (κ3) is 2.84. The number of aryl methyl sites for hydroxylation is 1. The topological polar surface area (TPSA) is 17.1 Å². The third-order valence-corrected chi connectivity index (χ3v) is 1.83. The lowest BCUT2D eigenvalue weighted by atomic mass is 10.1. The molecular weight excluding hydrogens is 205 g/mol. The highest BCUT2D eigenvalue weighted by molar-refractivity contribution is 5.74. The monoisotopic (exact) mass is 212 g/mol. The summed E-state index contributed by atoms with van der Waals surface area (Å²) < 4.78 is 36.9. The molecule has 1 aromatic carbocycles. The van der Waals surface area contributed by atoms with E-state index in [1.807, 2.05) is 0 Å². The maximum atomic E-state index is 12.3. The molecule has 0 N–H and O–H groups in total. The smallest absolute Gasteiger partial charge is 0.289 e. The molecule has 0 spiro atoms. The molecule has 1 rings (SSSR count). The van der Waals surface area contributed by atoms with Crippen molar-refractivity contribution < 1.29 is 18.0 Å². The highest BCUT2D eigenvalue weighted by Gasteiger charge is 2.30. The summed E-state index contributed by atoms with van der Waals surface area (Å²) in [6, 6.07) is 3.25. The number of rotatable bonds is 0. The first-order valence-electron chi connectivity index (χ1n) is 4.08. The highest BCUT2D eigenvalue weighted by Crippen LogP contribution is 2.30. The zero-order chi connectivity index (χ0) is 11.5. The molecule has 0 fully saturated rings. The molecule has 4 heteroatoms. The van der Waals surface area contributed by atoms with Gasteiger partial charge >= 0.3 is 6.18 Å². The minimum atomic E-state index is -4.38. The summed E-state index contributed by atoms with van der Waals surface area (Å²) in [4.78, 5) is 9.98. The molecule has 1 aromatic rings. The van der Waals surface area contributed by atoms with Crippen LogP contribution in [0.3, 0.4) is 0 Å². The van der Waals surface area contributed by atoms with Crippen LogP contribution in [0.15, 0.2) is 18.2 Å². The molecule has 0 bridgehead atoms. The first-order chi connectivity index (χ1) is 6.95. The van der Waals surface area contributed by atoms with Crippen molar-refractivity contribution in [2.75, 3.05) is 0 Å². The Labute approximate surface area is 84.9 Å². The van der Waals surface area contributed by atoms with Crippen LogP contribution in [0.1, 0.15) is 16.7 Å². The first-order valence-corrected chi connectivity index (χ1v) is 4.08. The Kier molecular flexibility index (Phi) is 3.15. The van der Waals surface area contributed by atoms with E-state index in [4.69, 9.17) is 0 Å². The molecule has 0 aliphatic heterocycles. The maximum absolute atomic E-state index is 12.3. The number of aldehydes is 1. The van der Waals surface area contributed by atoms with Crippen molar-refractivity contribution >= 4 is 6.29 Å². The Morgan fingerprint density at radius 1 is 1.33 bits per heavy atom. The van der Waals surface area contributed by atoms with E-state index in [9.17, 15) is 18.0 Å². The second-order valence-electron chi connectivity index (χ2n) is 2.91. The number of alkyl halides is 3. The van der Waals surface area contributed by atoms with Gasteiger partial charge < -0.3 is 0 Å². The van der Waals surface area contributed by atoms with Gasteiger partial charge in [0.05, 0.1) is 5.56 Å². The number of hydrogen-bond donors (Lipinski definition) is 0. The summed E-state index contributed by atoms with van der Waals surface area (Å²) in [5.74, 6) is 4.44. The summed E-state index contributed by atoms with van der Waals surface area (Å²) in [5, 5.41) is 0. The van der Waals surface area contributed by atoms with Gasteiger partial charge in [-0.1, -0.05) is 12.0 Å². The van der Waals surface area contributed by atoms with Gasteiger partial charge in [-0.25, -0.2) is 0 Å². The Hall–Kier alpha value is -1.76. The number of benzene rings is 1. The Bertz CT molecular complexity index is 435. The van der Waals surface area contributed by atoms with Crippen LogP contribution < -0.4 is 0 Å². The van der Waals surface area contributed by atoms with E-state index in [1.165, 1.54) is 6.07 Å². The average molecular weight is 212 g/mol. The van der Waals surface area contributed by atoms with Crippen LogP contribution in [0.25, 0.3) is 0 Å². The fourth-order valence-electron chi connectivity index (χ4n) is 1.04. The molecule has 0 saturated carbocycles. The number of carbonyl (C=O) groups is 1. The van der Waals surface area contributed by atoms with E-state index >= 15 is 0 Å². The van der Waals surface area contributed by atoms with Crippen molar-refractivity contribution in [2.24, 2.45) is 0 Å². The Morgan fingerprint density at radius 2 is 2.00 bits per heavy atom. The summed E-state index contributed by atoms with van der Waals surface area (Å²) >= 11 is 0. The van der Waals surface area contributed by atoms with Crippen LogP contribution in [0.4, 0.5) is 13.2 Å². The van der Waals surface area contributed by atoms with Crippen molar-refractivity contribution in [1.29, 1.82) is 0 Å². The quantitative estimate of drug-likeness (QED) is 0.477. The lowest BCUT2D eigenvalue weighted by Crippen LogP contribution is -2.05. The highest BCUT2D eigenvalue weighted by atomic mass is 19.4. The molecule has 0 aliphatic rings. The molecule has 0 radical (unpaired) electrons. The fraction of sp³-hybridized carbons (Fsp3) is 0.182. The maximum Gasteiger partial charge on any atom is 0.416 e. The van der Waals surface area contributed by atoms with Gasteiger partial charge in [-0.3, -0.25) is 4.79 Å². The van der Waals surface area contributed by atoms with Gasteiger partial charge in [0.1, 0.15) is 0 Å². The summed E-state index contributed by atoms with van der Waals surface area (Å²) in [5.41, 5.74) is 0.0672. The second-order valence-corrected chi connectivity index (χ2v) is 2.91. The summed E-state index contributed by atoms with van der Waals surface area (Å²) in [7, 11) is 0. The van der Waals surface area contributed by atoms with Crippen LogP contribution in [0.5, 0.6) is 0 Å². The van der Waals surface area contributed by atoms with Crippen LogP contribution in [0.2, 0.25) is 0 Å². The van der Waals surface area contributed by atoms with E-state index in [0.717, 1.165) is 12.1 Å². The van der Waals surface area contributed by atoms with Gasteiger partial charge in [0, 0.05) is 5.56 Å². The molecule has 0 aliphatic carbocycles. The van der Waals surface area contributed by atoms with E-state index < -0.39 is 11.7 Å². The normalized spacial score (nSPS) is 10.4. The molecule has 0 aromatic heterocycles. The molecule has 0 heterocycles. The molecule has 0 amide bonds. The number of halogens is 3. The lowest BCUT2D eigenvalue weighted by Gasteiger charge is -2.07. The van der Waals surface area contributed by atoms with Gasteiger partial charge in [-0.15, -0.1) is 0 Å². The number of hydrogen-bond acceptors (Lipinski definition) is 1. The average Bonchev–Trinajstić information content (AvgIpc) is 2.15. The van der Waals surface area contributed by atoms with E-state index in [2.05, 4.69) is 11.8 Å². The minimum absolute atomic E-state index is 0.219. The molecule has 0 saturated heterocycles. The predicted molar refractivity (Wildman–Crippen MR) is 49.1 cm³/mol. The molecule has 1 nitrogen and oxygen atoms in total. The van der Waals surface area contributed by atoms with Crippen molar-refractivity contribution in [1.82, 2.24) is 0 Å². The van der Waals surface area contributed by atoms with Crippen molar-refractivity contribution in [3.8, 4) is 11.8 Å². The SMILES string of the molecule is Cc1ccc(C(F)(F)F)cc1C#CC=O. The zero-order valence-corrected chi connectivity index (χ0v) is 7.85. The fourth-order valence-corrected chi connectivity index (χ4v) is 1.04. The van der Waals surface area contributed by atoms with Crippen LogP contribution >= 0.6 is 0 Å². The van der Waals surface area contributed by atoms with Crippen molar-refractivity contribution in [2.45, 2.75) is 13.1 Å². The molecule has 0 atom stereocenters. The number of carbonyl (C=O) groups excluding carboxylic acids is 1. The molecule has 15 heavy (non-hydrogen) atoms. The summed E-state index contributed by atoms with van der Waals surface area (Å²) in [6.45, 7) is 1.63. The van der Waals surface area contributed by atoms with Gasteiger partial charge in [0.2, 0.25) is 0 Å². The largest absolute Gasteiger partial charge is 0.416 e. The van der Waals surface area contributed by atoms with Gasteiger partial charge in [-0.05, 0) is 30.5 Å². The summed E-state index contributed by atoms with van der Waals surface area (Å²) in [6.07, 6.45) is -4.04. The Balaban J connectivity index is 3.22. The standard InChI is InChI=1S/C11H7F3O/c1-8-4-5-10(11(12,13)14)7-9(8)3-2-6-15/h4-7H,1H3. The van der Waals surface area contributed by atoms with E-state index in [0.29, 0.717) is 11.8 Å². The van der Waals surface area contributed by atoms with E-state index in [1.54, 1.807) is 6.92 Å².